The number of alkyl carbamates (subject to hydrolysis) is 1. The highest BCUT2D eigenvalue weighted by Crippen LogP contribution is 2.45. The standard InChI is InChI=1S/C37H44N6O6/c1-36(2,3)49-35(48)38-28-20-14-6-4-5-13-19-26-22-37(26,34(46)47)39-32(44)29-21-27(23-42(29)33(28)45)43-40-30(24-15-9-7-10-16-24)31(41-43)25-17-11-8-12-18-25/h7-13,15-19,26-29H,4-6,14,20-23H2,1-3H3,(H,38,48)(H,39,44)(H,46,47)/b19-13-/t26-,27-,28-,29-,37+/m0/s1. The van der Waals surface area contributed by atoms with Gasteiger partial charge in [0.15, 0.2) is 0 Å². The Labute approximate surface area is 285 Å². The maximum Gasteiger partial charge on any atom is 0.408 e. The monoisotopic (exact) mass is 668 g/mol. The van der Waals surface area contributed by atoms with Gasteiger partial charge in [-0.2, -0.15) is 15.0 Å². The lowest BCUT2D eigenvalue weighted by atomic mass is 10.0. The third-order valence-corrected chi connectivity index (χ3v) is 9.38. The molecule has 0 unspecified atom stereocenters. The van der Waals surface area contributed by atoms with E-state index in [9.17, 15) is 24.3 Å². The van der Waals surface area contributed by atoms with Crippen LogP contribution >= 0.6 is 0 Å². The second-order valence-corrected chi connectivity index (χ2v) is 14.2. The number of carbonyl (C=O) groups excluding carboxylic acids is 3. The molecule has 3 aliphatic rings. The molecule has 1 saturated heterocycles. The van der Waals surface area contributed by atoms with Gasteiger partial charge in [0.2, 0.25) is 11.8 Å². The number of allylic oxidation sites excluding steroid dienone is 1. The number of carboxylic acid groups (broad SMARTS) is 1. The molecule has 3 heterocycles. The first kappa shape index (κ1) is 33.9. The van der Waals surface area contributed by atoms with Gasteiger partial charge >= 0.3 is 12.1 Å². The Kier molecular flexibility index (Phi) is 9.58. The molecule has 3 aromatic rings. The number of amides is 3. The van der Waals surface area contributed by atoms with E-state index in [4.69, 9.17) is 14.9 Å². The summed E-state index contributed by atoms with van der Waals surface area (Å²) in [6.07, 6.45) is 6.99. The average Bonchev–Trinajstić information content (AvgIpc) is 3.38. The Morgan fingerprint density at radius 1 is 0.959 bits per heavy atom. The predicted molar refractivity (Wildman–Crippen MR) is 182 cm³/mol. The van der Waals surface area contributed by atoms with Crippen LogP contribution in [0.15, 0.2) is 72.8 Å². The number of hydrogen-bond donors (Lipinski definition) is 3. The number of ether oxygens (including phenoxy) is 1. The van der Waals surface area contributed by atoms with Gasteiger partial charge < -0.3 is 25.4 Å². The number of hydrogen-bond acceptors (Lipinski definition) is 7. The van der Waals surface area contributed by atoms with Crippen molar-refractivity contribution in [2.75, 3.05) is 6.54 Å². The van der Waals surface area contributed by atoms with Crippen LogP contribution in [0.1, 0.15) is 71.8 Å². The number of fused-ring (bicyclic) bond motifs is 2. The lowest BCUT2D eigenvalue weighted by Gasteiger charge is -2.30. The fourth-order valence-corrected chi connectivity index (χ4v) is 6.76. The predicted octanol–water partition coefficient (Wildman–Crippen LogP) is 5.13. The number of carbonyl (C=O) groups is 4. The molecule has 49 heavy (non-hydrogen) atoms. The normalized spacial score (nSPS) is 26.7. The van der Waals surface area contributed by atoms with Gasteiger partial charge in [-0.15, -0.1) is 0 Å². The van der Waals surface area contributed by atoms with Crippen molar-refractivity contribution in [1.82, 2.24) is 30.5 Å². The van der Waals surface area contributed by atoms with E-state index >= 15 is 0 Å². The van der Waals surface area contributed by atoms with Crippen LogP contribution in [-0.4, -0.2) is 78.6 Å². The van der Waals surface area contributed by atoms with E-state index in [2.05, 4.69) is 10.6 Å². The van der Waals surface area contributed by atoms with Crippen LogP contribution in [0.3, 0.4) is 0 Å². The number of aromatic nitrogens is 3. The van der Waals surface area contributed by atoms with Gasteiger partial charge in [-0.3, -0.25) is 9.59 Å². The van der Waals surface area contributed by atoms with Crippen LogP contribution in [0.25, 0.3) is 22.5 Å². The van der Waals surface area contributed by atoms with E-state index in [1.165, 1.54) is 4.90 Å². The van der Waals surface area contributed by atoms with Gasteiger partial charge in [-0.25, -0.2) is 9.59 Å². The fourth-order valence-electron chi connectivity index (χ4n) is 6.76. The van der Waals surface area contributed by atoms with Crippen LogP contribution in [0.4, 0.5) is 4.79 Å². The molecule has 1 saturated carbocycles. The summed E-state index contributed by atoms with van der Waals surface area (Å²) >= 11 is 0. The van der Waals surface area contributed by atoms with Crippen molar-refractivity contribution in [2.45, 2.75) is 95.0 Å². The molecule has 1 aromatic heterocycles. The first-order valence-electron chi connectivity index (χ1n) is 17.0. The Morgan fingerprint density at radius 3 is 2.18 bits per heavy atom. The highest BCUT2D eigenvalue weighted by molar-refractivity contribution is 5.96. The zero-order chi connectivity index (χ0) is 34.8. The largest absolute Gasteiger partial charge is 0.479 e. The van der Waals surface area contributed by atoms with Crippen molar-refractivity contribution < 1.29 is 29.0 Å². The molecule has 0 spiro atoms. The SMILES string of the molecule is CC(C)(C)OC(=O)N[C@H]1CCCCC/C=C\[C@H]2C[C@@]2(C(=O)O)NC(=O)[C@@H]2C[C@H](n3nc(-c4ccccc4)c(-c4ccccc4)n3)CN2C1=O. The summed E-state index contributed by atoms with van der Waals surface area (Å²) in [4.78, 5) is 56.9. The van der Waals surface area contributed by atoms with Crippen molar-refractivity contribution in [3.63, 3.8) is 0 Å². The van der Waals surface area contributed by atoms with E-state index < -0.39 is 53.1 Å². The van der Waals surface area contributed by atoms with E-state index in [0.717, 1.165) is 30.4 Å². The number of nitrogens with zero attached hydrogens (tertiary/aromatic N) is 4. The fraction of sp³-hybridized carbons (Fsp3) is 0.459. The van der Waals surface area contributed by atoms with Crippen molar-refractivity contribution in [1.29, 1.82) is 0 Å². The van der Waals surface area contributed by atoms with E-state index in [1.54, 1.807) is 25.6 Å². The molecule has 2 aromatic carbocycles. The molecule has 2 aliphatic heterocycles. The molecule has 5 atom stereocenters. The number of rotatable bonds is 5. The van der Waals surface area contributed by atoms with E-state index in [-0.39, 0.29) is 25.3 Å². The second kappa shape index (κ2) is 13.9. The van der Waals surface area contributed by atoms with Crippen molar-refractivity contribution in [3.8, 4) is 22.5 Å². The second-order valence-electron chi connectivity index (χ2n) is 14.2. The van der Waals surface area contributed by atoms with E-state index in [1.807, 2.05) is 72.8 Å². The topological polar surface area (TPSA) is 156 Å². The van der Waals surface area contributed by atoms with Gasteiger partial charge in [0, 0.05) is 30.0 Å². The summed E-state index contributed by atoms with van der Waals surface area (Å²) in [5, 5.41) is 25.6. The Morgan fingerprint density at radius 2 is 1.59 bits per heavy atom. The average molecular weight is 669 g/mol. The molecule has 0 radical (unpaired) electrons. The first-order valence-corrected chi connectivity index (χ1v) is 17.0. The summed E-state index contributed by atoms with van der Waals surface area (Å²) in [5.41, 5.74) is 0.854. The van der Waals surface area contributed by atoms with Crippen molar-refractivity contribution in [3.05, 3.63) is 72.8 Å². The maximum absolute atomic E-state index is 14.4. The maximum atomic E-state index is 14.4. The number of aliphatic carboxylic acids is 1. The molecule has 258 valence electrons. The van der Waals surface area contributed by atoms with Gasteiger partial charge in [0.1, 0.15) is 34.6 Å². The highest BCUT2D eigenvalue weighted by atomic mass is 16.6. The highest BCUT2D eigenvalue weighted by Gasteiger charge is 2.61. The third-order valence-electron chi connectivity index (χ3n) is 9.38. The molecular formula is C37H44N6O6. The summed E-state index contributed by atoms with van der Waals surface area (Å²) in [6.45, 7) is 5.33. The van der Waals surface area contributed by atoms with Crippen LogP contribution in [0.5, 0.6) is 0 Å². The zero-order valence-electron chi connectivity index (χ0n) is 28.2. The molecule has 0 bridgehead atoms. The molecule has 12 heteroatoms. The smallest absolute Gasteiger partial charge is 0.408 e. The van der Waals surface area contributed by atoms with Gasteiger partial charge in [-0.1, -0.05) is 85.7 Å². The molecule has 6 rings (SSSR count). The van der Waals surface area contributed by atoms with Gasteiger partial charge in [-0.05, 0) is 46.5 Å². The number of carboxylic acids is 1. The summed E-state index contributed by atoms with van der Waals surface area (Å²) < 4.78 is 5.50. The Balaban J connectivity index is 1.36. The van der Waals surface area contributed by atoms with Crippen LogP contribution in [-0.2, 0) is 19.1 Å². The zero-order valence-corrected chi connectivity index (χ0v) is 28.2. The first-order chi connectivity index (χ1) is 23.4. The minimum Gasteiger partial charge on any atom is -0.479 e. The lowest BCUT2D eigenvalue weighted by Crippen LogP contribution is -2.56. The molecule has 12 nitrogen and oxygen atoms in total. The van der Waals surface area contributed by atoms with Crippen molar-refractivity contribution >= 4 is 23.9 Å². The van der Waals surface area contributed by atoms with Gasteiger partial charge in [0.25, 0.3) is 0 Å². The van der Waals surface area contributed by atoms with Crippen LogP contribution < -0.4 is 10.6 Å². The molecular weight excluding hydrogens is 624 g/mol. The minimum atomic E-state index is -1.43. The summed E-state index contributed by atoms with van der Waals surface area (Å²) in [7, 11) is 0. The quantitative estimate of drug-likeness (QED) is 0.316. The lowest BCUT2D eigenvalue weighted by molar-refractivity contribution is -0.145. The molecule has 3 N–H and O–H groups in total. The molecule has 2 fully saturated rings. The third kappa shape index (κ3) is 7.53. The van der Waals surface area contributed by atoms with Crippen molar-refractivity contribution in [2.24, 2.45) is 5.92 Å². The van der Waals surface area contributed by atoms with Gasteiger partial charge in [0.05, 0.1) is 6.04 Å². The van der Waals surface area contributed by atoms with Crippen LogP contribution in [0.2, 0.25) is 0 Å². The Bertz CT molecular complexity index is 1660. The summed E-state index contributed by atoms with van der Waals surface area (Å²) in [6, 6.07) is 16.9. The van der Waals surface area contributed by atoms with E-state index in [0.29, 0.717) is 24.2 Å². The minimum absolute atomic E-state index is 0.0873. The van der Waals surface area contributed by atoms with Crippen LogP contribution in [0, 0.1) is 5.92 Å². The summed E-state index contributed by atoms with van der Waals surface area (Å²) in [5.74, 6) is -2.43. The molecule has 1 aliphatic carbocycles. The number of nitrogens with one attached hydrogen (secondary N) is 2. The molecule has 3 amide bonds. The Hall–Kier alpha value is -5.00. The number of benzene rings is 2.